The van der Waals surface area contributed by atoms with E-state index in [1.54, 1.807) is 6.92 Å². The number of esters is 1. The van der Waals surface area contributed by atoms with Gasteiger partial charge in [0.25, 0.3) is 0 Å². The molecule has 4 nitrogen and oxygen atoms in total. The third-order valence-corrected chi connectivity index (χ3v) is 4.05. The normalized spacial score (nSPS) is 39.6. The Balaban J connectivity index is 2.49. The first kappa shape index (κ1) is 11.9. The van der Waals surface area contributed by atoms with E-state index in [0.29, 0.717) is 13.0 Å². The number of rotatable bonds is 2. The first-order valence-corrected chi connectivity index (χ1v) is 5.58. The average Bonchev–Trinajstić information content (AvgIpc) is 2.55. The highest BCUT2D eigenvalue weighted by atomic mass is 16.5. The van der Waals surface area contributed by atoms with Gasteiger partial charge in [-0.3, -0.25) is 4.79 Å². The molecule has 4 heteroatoms. The molecule has 2 aliphatic rings. The molecule has 17 heavy (non-hydrogen) atoms. The fraction of sp³-hybridized carbons (Fsp3) is 0.538. The van der Waals surface area contributed by atoms with Crippen LogP contribution >= 0.6 is 0 Å². The number of carboxylic acids is 1. The zero-order chi connectivity index (χ0) is 12.8. The Hall–Kier alpha value is -1.58. The second-order valence-electron chi connectivity index (χ2n) is 5.35. The Labute approximate surface area is 100.0 Å². The first-order chi connectivity index (χ1) is 7.81. The molecular formula is C13H16O4. The summed E-state index contributed by atoms with van der Waals surface area (Å²) in [7, 11) is 0. The van der Waals surface area contributed by atoms with Crippen LogP contribution in [0.25, 0.3) is 0 Å². The maximum atomic E-state index is 11.9. The molecule has 1 saturated heterocycles. The van der Waals surface area contributed by atoms with E-state index in [0.717, 1.165) is 0 Å². The summed E-state index contributed by atoms with van der Waals surface area (Å²) in [5.41, 5.74) is -1.09. The Morgan fingerprint density at radius 3 is 2.82 bits per heavy atom. The molecule has 0 aromatic heterocycles. The summed E-state index contributed by atoms with van der Waals surface area (Å²) in [4.78, 5) is 23.0. The Bertz CT molecular complexity index is 437. The van der Waals surface area contributed by atoms with Crippen molar-refractivity contribution in [2.45, 2.75) is 20.3 Å². The quantitative estimate of drug-likeness (QED) is 0.451. The molecule has 1 heterocycles. The molecule has 3 atom stereocenters. The van der Waals surface area contributed by atoms with E-state index in [-0.39, 0.29) is 11.5 Å². The van der Waals surface area contributed by atoms with Crippen molar-refractivity contribution in [3.05, 3.63) is 24.3 Å². The number of carboxylic acid groups (broad SMARTS) is 1. The van der Waals surface area contributed by atoms with Gasteiger partial charge in [0, 0.05) is 16.4 Å². The van der Waals surface area contributed by atoms with Crippen LogP contribution in [0, 0.1) is 16.7 Å². The molecule has 1 N–H and O–H groups in total. The highest BCUT2D eigenvalue weighted by Crippen LogP contribution is 2.54. The van der Waals surface area contributed by atoms with Crippen molar-refractivity contribution in [2.75, 3.05) is 6.61 Å². The summed E-state index contributed by atoms with van der Waals surface area (Å²) in [5, 5.41) is 9.11. The number of hydrogen-bond donors (Lipinski definition) is 1. The number of allylic oxidation sites excluding steroid dienone is 1. The predicted octanol–water partition coefficient (Wildman–Crippen LogP) is 1.77. The summed E-state index contributed by atoms with van der Waals surface area (Å²) in [6, 6.07) is 0. The van der Waals surface area contributed by atoms with Gasteiger partial charge in [0.05, 0.1) is 5.92 Å². The lowest BCUT2D eigenvalue weighted by atomic mass is 9.57. The lowest BCUT2D eigenvalue weighted by Gasteiger charge is -2.42. The van der Waals surface area contributed by atoms with Gasteiger partial charge in [0.15, 0.2) is 0 Å². The molecule has 1 aliphatic heterocycles. The van der Waals surface area contributed by atoms with E-state index < -0.39 is 22.7 Å². The first-order valence-electron chi connectivity index (χ1n) is 5.58. The van der Waals surface area contributed by atoms with Gasteiger partial charge in [0.1, 0.15) is 6.61 Å². The SMILES string of the molecule is C=C(C(=O)O)[C@@]1(C)CC=C[C@]2(C)COC(=O)[C@@H]21. The zero-order valence-corrected chi connectivity index (χ0v) is 10.0. The molecule has 0 aromatic carbocycles. The van der Waals surface area contributed by atoms with Crippen LogP contribution in [0.15, 0.2) is 24.3 Å². The molecule has 1 aliphatic carbocycles. The number of aliphatic carboxylic acids is 1. The second kappa shape index (κ2) is 3.45. The number of carbonyl (C=O) groups is 2. The molecule has 0 saturated carbocycles. The van der Waals surface area contributed by atoms with Gasteiger partial charge < -0.3 is 9.84 Å². The van der Waals surface area contributed by atoms with E-state index >= 15 is 0 Å². The van der Waals surface area contributed by atoms with Crippen LogP contribution in [-0.2, 0) is 14.3 Å². The van der Waals surface area contributed by atoms with Crippen LogP contribution in [0.1, 0.15) is 20.3 Å². The highest BCUT2D eigenvalue weighted by Gasteiger charge is 2.58. The summed E-state index contributed by atoms with van der Waals surface area (Å²) in [6.07, 6.45) is 4.39. The molecule has 0 unspecified atom stereocenters. The van der Waals surface area contributed by atoms with Crippen LogP contribution in [0.5, 0.6) is 0 Å². The van der Waals surface area contributed by atoms with Gasteiger partial charge in [0.2, 0.25) is 0 Å². The number of carbonyl (C=O) groups excluding carboxylic acids is 1. The van der Waals surface area contributed by atoms with Crippen molar-refractivity contribution >= 4 is 11.9 Å². The van der Waals surface area contributed by atoms with Gasteiger partial charge in [-0.15, -0.1) is 0 Å². The zero-order valence-electron chi connectivity index (χ0n) is 10.0. The summed E-state index contributed by atoms with van der Waals surface area (Å²) >= 11 is 0. The Morgan fingerprint density at radius 1 is 1.59 bits per heavy atom. The standard InChI is InChI=1S/C13H16O4/c1-8(10(14)15)13(3)6-4-5-12(2)7-17-11(16)9(12)13/h4-5,9H,1,6-7H2,2-3H3,(H,14,15)/t9-,12+,13+/m0/s1. The van der Waals surface area contributed by atoms with Gasteiger partial charge in [-0.1, -0.05) is 32.6 Å². The molecule has 0 radical (unpaired) electrons. The van der Waals surface area contributed by atoms with Gasteiger partial charge in [-0.05, 0) is 6.42 Å². The van der Waals surface area contributed by atoms with Crippen molar-refractivity contribution < 1.29 is 19.4 Å². The number of ether oxygens (including phenoxy) is 1. The van der Waals surface area contributed by atoms with Crippen LogP contribution in [0.2, 0.25) is 0 Å². The molecule has 1 fully saturated rings. The number of fused-ring (bicyclic) bond motifs is 1. The Morgan fingerprint density at radius 2 is 2.24 bits per heavy atom. The molecule has 2 rings (SSSR count). The maximum absolute atomic E-state index is 11.9. The number of hydrogen-bond acceptors (Lipinski definition) is 3. The third kappa shape index (κ3) is 1.51. The fourth-order valence-corrected chi connectivity index (χ4v) is 3.03. The lowest BCUT2D eigenvalue weighted by molar-refractivity contribution is -0.144. The van der Waals surface area contributed by atoms with Crippen LogP contribution in [-0.4, -0.2) is 23.7 Å². The molecule has 92 valence electrons. The summed E-state index contributed by atoms with van der Waals surface area (Å²) in [5.74, 6) is -1.82. The smallest absolute Gasteiger partial charge is 0.331 e. The van der Waals surface area contributed by atoms with Crippen LogP contribution in [0.4, 0.5) is 0 Å². The molecule has 0 spiro atoms. The molecule has 0 bridgehead atoms. The lowest BCUT2D eigenvalue weighted by Crippen LogP contribution is -2.44. The van der Waals surface area contributed by atoms with Gasteiger partial charge in [-0.2, -0.15) is 0 Å². The van der Waals surface area contributed by atoms with Crippen LogP contribution in [0.3, 0.4) is 0 Å². The van der Waals surface area contributed by atoms with Crippen molar-refractivity contribution in [1.82, 2.24) is 0 Å². The molecular weight excluding hydrogens is 220 g/mol. The van der Waals surface area contributed by atoms with E-state index in [1.807, 2.05) is 19.1 Å². The minimum atomic E-state index is -1.05. The minimum absolute atomic E-state index is 0.0805. The predicted molar refractivity (Wildman–Crippen MR) is 61.2 cm³/mol. The molecule has 0 aromatic rings. The van der Waals surface area contributed by atoms with E-state index in [2.05, 4.69) is 6.58 Å². The average molecular weight is 236 g/mol. The van der Waals surface area contributed by atoms with E-state index in [4.69, 9.17) is 9.84 Å². The van der Waals surface area contributed by atoms with E-state index in [1.165, 1.54) is 0 Å². The topological polar surface area (TPSA) is 63.6 Å². The van der Waals surface area contributed by atoms with Crippen molar-refractivity contribution in [3.63, 3.8) is 0 Å². The summed E-state index contributed by atoms with van der Waals surface area (Å²) in [6.45, 7) is 7.65. The van der Waals surface area contributed by atoms with Crippen molar-refractivity contribution in [3.8, 4) is 0 Å². The highest BCUT2D eigenvalue weighted by molar-refractivity contribution is 5.90. The van der Waals surface area contributed by atoms with Crippen LogP contribution < -0.4 is 0 Å². The fourth-order valence-electron chi connectivity index (χ4n) is 3.03. The summed E-state index contributed by atoms with van der Waals surface area (Å²) < 4.78 is 5.10. The minimum Gasteiger partial charge on any atom is -0.478 e. The molecule has 0 amide bonds. The number of cyclic esters (lactones) is 1. The van der Waals surface area contributed by atoms with Gasteiger partial charge in [-0.25, -0.2) is 4.79 Å². The van der Waals surface area contributed by atoms with E-state index in [9.17, 15) is 9.59 Å². The maximum Gasteiger partial charge on any atom is 0.331 e. The monoisotopic (exact) mass is 236 g/mol. The second-order valence-corrected chi connectivity index (χ2v) is 5.35. The van der Waals surface area contributed by atoms with Crippen molar-refractivity contribution in [2.24, 2.45) is 16.7 Å². The van der Waals surface area contributed by atoms with Crippen molar-refractivity contribution in [1.29, 1.82) is 0 Å². The third-order valence-electron chi connectivity index (χ3n) is 4.05. The Kier molecular flexibility index (Phi) is 2.42. The largest absolute Gasteiger partial charge is 0.478 e. The van der Waals surface area contributed by atoms with Gasteiger partial charge >= 0.3 is 11.9 Å².